The number of anilines is 1. The molecule has 5 nitrogen and oxygen atoms in total. The number of hydrogen-bond acceptors (Lipinski definition) is 3. The van der Waals surface area contributed by atoms with Crippen molar-refractivity contribution in [2.75, 3.05) is 18.5 Å². The molecule has 0 spiro atoms. The van der Waals surface area contributed by atoms with Gasteiger partial charge in [-0.05, 0) is 42.8 Å². The molecule has 2 aromatic rings. The Morgan fingerprint density at radius 2 is 2.00 bits per heavy atom. The zero-order chi connectivity index (χ0) is 17.8. The zero-order valence-electron chi connectivity index (χ0n) is 13.6. The lowest BCUT2D eigenvalue weighted by Crippen LogP contribution is -2.28. The molecule has 0 bridgehead atoms. The van der Waals surface area contributed by atoms with Crippen LogP contribution in [0.2, 0.25) is 5.02 Å². The normalized spacial score (nSPS) is 14.2. The van der Waals surface area contributed by atoms with Crippen molar-refractivity contribution in [2.24, 2.45) is 0 Å². The number of carbonyl (C=O) groups is 2. The number of fused-ring (bicyclic) bond motifs is 1. The Bertz CT molecular complexity index is 844. The van der Waals surface area contributed by atoms with Crippen LogP contribution in [-0.4, -0.2) is 25.0 Å². The second-order valence-electron chi connectivity index (χ2n) is 5.51. The maximum Gasteiger partial charge on any atom is 0.257 e. The van der Waals surface area contributed by atoms with E-state index in [-0.39, 0.29) is 18.4 Å². The van der Waals surface area contributed by atoms with Gasteiger partial charge < -0.3 is 15.4 Å². The van der Waals surface area contributed by atoms with Gasteiger partial charge in [-0.25, -0.2) is 0 Å². The summed E-state index contributed by atoms with van der Waals surface area (Å²) in [7, 11) is 0. The molecule has 0 saturated carbocycles. The summed E-state index contributed by atoms with van der Waals surface area (Å²) in [5.41, 5.74) is 2.98. The highest BCUT2D eigenvalue weighted by Crippen LogP contribution is 2.34. The Kier molecular flexibility index (Phi) is 5.05. The molecule has 1 aliphatic rings. The molecule has 0 atom stereocenters. The van der Waals surface area contributed by atoms with Crippen LogP contribution in [0.5, 0.6) is 5.75 Å². The molecule has 1 heterocycles. The van der Waals surface area contributed by atoms with Crippen LogP contribution in [0.25, 0.3) is 11.6 Å². The largest absolute Gasteiger partial charge is 0.484 e. The maximum atomic E-state index is 12.2. The summed E-state index contributed by atoms with van der Waals surface area (Å²) < 4.78 is 5.41. The monoisotopic (exact) mass is 356 g/mol. The molecule has 0 fully saturated rings. The van der Waals surface area contributed by atoms with E-state index >= 15 is 0 Å². The molecule has 0 aromatic heterocycles. The number of carbonyl (C=O) groups excluding carboxylic acids is 2. The highest BCUT2D eigenvalue weighted by atomic mass is 35.5. The third-order valence-electron chi connectivity index (χ3n) is 3.70. The molecule has 25 heavy (non-hydrogen) atoms. The van der Waals surface area contributed by atoms with Crippen LogP contribution < -0.4 is 15.4 Å². The van der Waals surface area contributed by atoms with Gasteiger partial charge >= 0.3 is 0 Å². The highest BCUT2D eigenvalue weighted by molar-refractivity contribution is 6.36. The van der Waals surface area contributed by atoms with Gasteiger partial charge in [0.25, 0.3) is 11.8 Å². The van der Waals surface area contributed by atoms with Gasteiger partial charge in [-0.2, -0.15) is 0 Å². The van der Waals surface area contributed by atoms with Crippen molar-refractivity contribution < 1.29 is 14.3 Å². The Balaban J connectivity index is 1.74. The first-order chi connectivity index (χ1) is 12.1. The summed E-state index contributed by atoms with van der Waals surface area (Å²) in [4.78, 5) is 23.6. The fourth-order valence-corrected chi connectivity index (χ4v) is 2.71. The number of ether oxygens (including phenoxy) is 1. The predicted octanol–water partition coefficient (Wildman–Crippen LogP) is 3.35. The Labute approximate surface area is 150 Å². The molecule has 0 unspecified atom stereocenters. The standard InChI is InChI=1S/C19H17ClN2O3/c1-2-21-18(23)11-25-14-6-3-12(4-7-14)9-16-15-8-5-13(20)10-17(15)22-19(16)24/h3-10H,2,11H2,1H3,(H,21,23)(H,22,24)/b16-9+. The van der Waals surface area contributed by atoms with Gasteiger partial charge in [-0.15, -0.1) is 0 Å². The van der Waals surface area contributed by atoms with Gasteiger partial charge in [-0.1, -0.05) is 29.8 Å². The SMILES string of the molecule is CCNC(=O)COc1ccc(/C=C2/C(=O)Nc3cc(Cl)ccc32)cc1. The molecule has 6 heteroatoms. The van der Waals surface area contributed by atoms with Crippen LogP contribution in [0.3, 0.4) is 0 Å². The molecular formula is C19H17ClN2O3. The second kappa shape index (κ2) is 7.40. The third-order valence-corrected chi connectivity index (χ3v) is 3.93. The average molecular weight is 357 g/mol. The van der Waals surface area contributed by atoms with Crippen LogP contribution in [0.4, 0.5) is 5.69 Å². The Morgan fingerprint density at radius 1 is 1.24 bits per heavy atom. The molecule has 3 rings (SSSR count). The smallest absolute Gasteiger partial charge is 0.257 e. The van der Waals surface area contributed by atoms with Crippen LogP contribution in [0.1, 0.15) is 18.1 Å². The highest BCUT2D eigenvalue weighted by Gasteiger charge is 2.23. The number of benzene rings is 2. The van der Waals surface area contributed by atoms with Crippen molar-refractivity contribution in [1.29, 1.82) is 0 Å². The molecule has 2 amide bonds. The summed E-state index contributed by atoms with van der Waals surface area (Å²) in [6.45, 7) is 2.40. The van der Waals surface area contributed by atoms with E-state index < -0.39 is 0 Å². The van der Waals surface area contributed by atoms with Gasteiger partial charge in [0.15, 0.2) is 6.61 Å². The van der Waals surface area contributed by atoms with E-state index in [1.54, 1.807) is 24.3 Å². The minimum atomic E-state index is -0.161. The van der Waals surface area contributed by atoms with Crippen molar-refractivity contribution in [3.8, 4) is 5.75 Å². The number of nitrogens with one attached hydrogen (secondary N) is 2. The first-order valence-corrected chi connectivity index (χ1v) is 8.27. The molecule has 0 aliphatic carbocycles. The summed E-state index contributed by atoms with van der Waals surface area (Å²) in [5.74, 6) is 0.275. The Hall–Kier alpha value is -2.79. The van der Waals surface area contributed by atoms with E-state index in [0.717, 1.165) is 11.1 Å². The minimum absolute atomic E-state index is 0.0230. The van der Waals surface area contributed by atoms with Crippen LogP contribution in [0.15, 0.2) is 42.5 Å². The first-order valence-electron chi connectivity index (χ1n) is 7.89. The lowest BCUT2D eigenvalue weighted by atomic mass is 10.0. The fraction of sp³-hybridized carbons (Fsp3) is 0.158. The lowest BCUT2D eigenvalue weighted by Gasteiger charge is -2.06. The molecule has 0 saturated heterocycles. The quantitative estimate of drug-likeness (QED) is 0.807. The van der Waals surface area contributed by atoms with Crippen molar-refractivity contribution in [3.63, 3.8) is 0 Å². The predicted molar refractivity (Wildman–Crippen MR) is 98.6 cm³/mol. The molecule has 2 N–H and O–H groups in total. The van der Waals surface area contributed by atoms with E-state index in [2.05, 4.69) is 10.6 Å². The van der Waals surface area contributed by atoms with Crippen molar-refractivity contribution in [2.45, 2.75) is 6.92 Å². The van der Waals surface area contributed by atoms with Crippen molar-refractivity contribution >= 4 is 40.8 Å². The first kappa shape index (κ1) is 17.0. The Morgan fingerprint density at radius 3 is 2.72 bits per heavy atom. The molecule has 0 radical (unpaired) electrons. The van der Waals surface area contributed by atoms with E-state index in [1.165, 1.54) is 0 Å². The zero-order valence-corrected chi connectivity index (χ0v) is 14.4. The maximum absolute atomic E-state index is 12.2. The molecule has 2 aromatic carbocycles. The molecular weight excluding hydrogens is 340 g/mol. The van der Waals surface area contributed by atoms with Gasteiger partial charge in [0.05, 0.1) is 5.69 Å². The summed E-state index contributed by atoms with van der Waals surface area (Å²) in [6, 6.07) is 12.5. The number of amides is 2. The average Bonchev–Trinajstić information content (AvgIpc) is 2.89. The van der Waals surface area contributed by atoms with Crippen molar-refractivity contribution in [3.05, 3.63) is 58.6 Å². The molecule has 128 valence electrons. The van der Waals surface area contributed by atoms with Gasteiger partial charge in [-0.3, -0.25) is 9.59 Å². The van der Waals surface area contributed by atoms with E-state index in [4.69, 9.17) is 16.3 Å². The number of likely N-dealkylation sites (N-methyl/N-ethyl adjacent to an activating group) is 1. The number of rotatable bonds is 5. The minimum Gasteiger partial charge on any atom is -0.484 e. The fourth-order valence-electron chi connectivity index (χ4n) is 2.53. The van der Waals surface area contributed by atoms with E-state index in [1.807, 2.05) is 31.2 Å². The van der Waals surface area contributed by atoms with Gasteiger partial charge in [0, 0.05) is 22.7 Å². The second-order valence-corrected chi connectivity index (χ2v) is 5.95. The number of hydrogen-bond donors (Lipinski definition) is 2. The van der Waals surface area contributed by atoms with E-state index in [0.29, 0.717) is 28.6 Å². The van der Waals surface area contributed by atoms with E-state index in [9.17, 15) is 9.59 Å². The van der Waals surface area contributed by atoms with Crippen LogP contribution >= 0.6 is 11.6 Å². The van der Waals surface area contributed by atoms with Crippen LogP contribution in [-0.2, 0) is 9.59 Å². The number of halogens is 1. The topological polar surface area (TPSA) is 67.4 Å². The van der Waals surface area contributed by atoms with Gasteiger partial charge in [0.2, 0.25) is 0 Å². The third kappa shape index (κ3) is 4.00. The molecule has 1 aliphatic heterocycles. The van der Waals surface area contributed by atoms with Gasteiger partial charge in [0.1, 0.15) is 5.75 Å². The summed E-state index contributed by atoms with van der Waals surface area (Å²) in [5, 5.41) is 6.05. The van der Waals surface area contributed by atoms with Crippen LogP contribution in [0, 0.1) is 0 Å². The van der Waals surface area contributed by atoms with Crippen molar-refractivity contribution in [1.82, 2.24) is 5.32 Å². The summed E-state index contributed by atoms with van der Waals surface area (Å²) >= 11 is 5.95. The summed E-state index contributed by atoms with van der Waals surface area (Å²) in [6.07, 6.45) is 1.81. The lowest BCUT2D eigenvalue weighted by molar-refractivity contribution is -0.123.